The second-order valence-electron chi connectivity index (χ2n) is 6.56. The molecule has 10 heteroatoms. The van der Waals surface area contributed by atoms with Crippen LogP contribution in [0.15, 0.2) is 65.8 Å². The Balaban J connectivity index is 1.53. The number of aromatic nitrogens is 4. The van der Waals surface area contributed by atoms with Gasteiger partial charge >= 0.3 is 5.97 Å². The van der Waals surface area contributed by atoms with E-state index in [-0.39, 0.29) is 17.7 Å². The molecule has 4 rings (SSSR count). The zero-order valence-corrected chi connectivity index (χ0v) is 16.3. The van der Waals surface area contributed by atoms with Crippen LogP contribution in [-0.4, -0.2) is 38.3 Å². The number of esters is 1. The molecule has 1 N–H and O–H groups in total. The van der Waals surface area contributed by atoms with Gasteiger partial charge in [0.2, 0.25) is 5.91 Å². The number of rotatable bonds is 5. The molecule has 0 saturated heterocycles. The van der Waals surface area contributed by atoms with Crippen LogP contribution >= 0.6 is 0 Å². The average Bonchev–Trinajstić information content (AvgIpc) is 3.21. The summed E-state index contributed by atoms with van der Waals surface area (Å²) >= 11 is 0. The van der Waals surface area contributed by atoms with Gasteiger partial charge in [0, 0.05) is 5.69 Å². The molecule has 2 aromatic heterocycles. The maximum absolute atomic E-state index is 13.2. The van der Waals surface area contributed by atoms with Gasteiger partial charge in [-0.15, -0.1) is 0 Å². The van der Waals surface area contributed by atoms with Crippen molar-refractivity contribution in [1.29, 1.82) is 0 Å². The number of hydrogen-bond donors (Lipinski definition) is 1. The third-order valence-corrected chi connectivity index (χ3v) is 4.53. The van der Waals surface area contributed by atoms with Crippen LogP contribution < -0.4 is 10.9 Å². The fourth-order valence-electron chi connectivity index (χ4n) is 3.00. The predicted octanol–water partition coefficient (Wildman–Crippen LogP) is 2.15. The molecule has 0 bridgehead atoms. The molecule has 2 aromatic carbocycles. The largest absolute Gasteiger partial charge is 0.465 e. The van der Waals surface area contributed by atoms with E-state index in [1.807, 2.05) is 0 Å². The van der Waals surface area contributed by atoms with E-state index in [1.54, 1.807) is 12.1 Å². The number of halogens is 1. The number of ether oxygens (including phenoxy) is 1. The number of amides is 1. The lowest BCUT2D eigenvalue weighted by Crippen LogP contribution is -2.27. The molecular formula is C21H16FN5O4. The van der Waals surface area contributed by atoms with Crippen molar-refractivity contribution in [2.75, 3.05) is 12.4 Å². The minimum absolute atomic E-state index is 0.224. The van der Waals surface area contributed by atoms with Crippen molar-refractivity contribution in [3.8, 4) is 5.69 Å². The summed E-state index contributed by atoms with van der Waals surface area (Å²) in [7, 11) is 1.28. The Morgan fingerprint density at radius 2 is 1.81 bits per heavy atom. The number of hydrogen-bond acceptors (Lipinski definition) is 6. The Hall–Kier alpha value is -4.34. The number of carbonyl (C=O) groups excluding carboxylic acids is 2. The summed E-state index contributed by atoms with van der Waals surface area (Å²) in [6.45, 7) is -0.262. The second kappa shape index (κ2) is 8.19. The molecular weight excluding hydrogens is 405 g/mol. The van der Waals surface area contributed by atoms with Crippen molar-refractivity contribution in [2.45, 2.75) is 6.54 Å². The molecule has 0 radical (unpaired) electrons. The predicted molar refractivity (Wildman–Crippen MR) is 109 cm³/mol. The number of nitrogens with zero attached hydrogens (tertiary/aromatic N) is 4. The summed E-state index contributed by atoms with van der Waals surface area (Å²) in [5.41, 5.74) is 1.23. The van der Waals surface area contributed by atoms with Crippen LogP contribution in [0.25, 0.3) is 16.7 Å². The van der Waals surface area contributed by atoms with Crippen molar-refractivity contribution in [3.63, 3.8) is 0 Å². The van der Waals surface area contributed by atoms with Crippen molar-refractivity contribution in [3.05, 3.63) is 82.8 Å². The third-order valence-electron chi connectivity index (χ3n) is 4.53. The fraction of sp³-hybridized carbons (Fsp3) is 0.0952. The SMILES string of the molecule is COC(=O)c1ccc(NC(=O)Cn2cnc3c(cnn3-c3ccc(F)cc3)c2=O)cc1. The highest BCUT2D eigenvalue weighted by molar-refractivity contribution is 5.93. The Morgan fingerprint density at radius 1 is 1.10 bits per heavy atom. The number of fused-ring (bicyclic) bond motifs is 1. The standard InChI is InChI=1S/C21H16FN5O4/c1-31-21(30)13-2-6-15(7-3-13)25-18(28)11-26-12-23-19-17(20(26)29)10-24-27(19)16-8-4-14(22)5-9-16/h2-10,12H,11H2,1H3,(H,25,28). The first kappa shape index (κ1) is 20.0. The molecule has 2 heterocycles. The zero-order valence-electron chi connectivity index (χ0n) is 16.3. The molecule has 0 aliphatic heterocycles. The van der Waals surface area contributed by atoms with Crippen molar-refractivity contribution >= 4 is 28.6 Å². The normalized spacial score (nSPS) is 10.8. The van der Waals surface area contributed by atoms with Crippen molar-refractivity contribution in [2.24, 2.45) is 0 Å². The maximum Gasteiger partial charge on any atom is 0.337 e. The van der Waals surface area contributed by atoms with E-state index in [1.165, 1.54) is 60.7 Å². The van der Waals surface area contributed by atoms with Crippen LogP contribution in [0, 0.1) is 5.82 Å². The number of carbonyl (C=O) groups is 2. The Bertz CT molecular complexity index is 1330. The summed E-state index contributed by atoms with van der Waals surface area (Å²) in [5, 5.41) is 7.03. The lowest BCUT2D eigenvalue weighted by molar-refractivity contribution is -0.116. The van der Waals surface area contributed by atoms with Crippen LogP contribution in [0.1, 0.15) is 10.4 Å². The number of nitrogens with one attached hydrogen (secondary N) is 1. The topological polar surface area (TPSA) is 108 Å². The zero-order chi connectivity index (χ0) is 22.0. The number of anilines is 1. The molecule has 0 unspecified atom stereocenters. The van der Waals surface area contributed by atoms with Crippen molar-refractivity contribution in [1.82, 2.24) is 19.3 Å². The molecule has 0 fully saturated rings. The van der Waals surface area contributed by atoms with Crippen LogP contribution in [0.3, 0.4) is 0 Å². The van der Waals surface area contributed by atoms with E-state index in [2.05, 4.69) is 20.1 Å². The molecule has 0 spiro atoms. The van der Waals surface area contributed by atoms with E-state index in [4.69, 9.17) is 0 Å². The van der Waals surface area contributed by atoms with E-state index in [0.29, 0.717) is 22.6 Å². The van der Waals surface area contributed by atoms with Gasteiger partial charge in [-0.1, -0.05) is 0 Å². The van der Waals surface area contributed by atoms with Gasteiger partial charge in [0.25, 0.3) is 5.56 Å². The van der Waals surface area contributed by atoms with Gasteiger partial charge in [-0.3, -0.25) is 14.2 Å². The quantitative estimate of drug-likeness (QED) is 0.495. The average molecular weight is 421 g/mol. The van der Waals surface area contributed by atoms with Crippen LogP contribution in [0.2, 0.25) is 0 Å². The molecule has 0 aliphatic rings. The first-order valence-corrected chi connectivity index (χ1v) is 9.13. The summed E-state index contributed by atoms with van der Waals surface area (Å²) in [6, 6.07) is 11.8. The van der Waals surface area contributed by atoms with Gasteiger partial charge in [0.05, 0.1) is 24.6 Å². The highest BCUT2D eigenvalue weighted by Gasteiger charge is 2.14. The maximum atomic E-state index is 13.2. The number of methoxy groups -OCH3 is 1. The summed E-state index contributed by atoms with van der Waals surface area (Å²) in [5.74, 6) is -1.31. The Labute approximate surface area is 174 Å². The molecule has 1 amide bonds. The van der Waals surface area contributed by atoms with Crippen LogP contribution in [0.5, 0.6) is 0 Å². The summed E-state index contributed by atoms with van der Waals surface area (Å²) < 4.78 is 20.4. The molecule has 4 aromatic rings. The van der Waals surface area contributed by atoms with E-state index in [0.717, 1.165) is 4.57 Å². The Morgan fingerprint density at radius 3 is 2.48 bits per heavy atom. The van der Waals surface area contributed by atoms with Gasteiger partial charge in [0.1, 0.15) is 24.1 Å². The smallest absolute Gasteiger partial charge is 0.337 e. The number of benzene rings is 2. The molecule has 9 nitrogen and oxygen atoms in total. The van der Waals surface area contributed by atoms with Gasteiger partial charge in [-0.05, 0) is 48.5 Å². The molecule has 0 atom stereocenters. The summed E-state index contributed by atoms with van der Waals surface area (Å²) in [4.78, 5) is 40.8. The minimum Gasteiger partial charge on any atom is -0.465 e. The first-order chi connectivity index (χ1) is 15.0. The first-order valence-electron chi connectivity index (χ1n) is 9.13. The minimum atomic E-state index is -0.481. The Kier molecular flexibility index (Phi) is 5.27. The lowest BCUT2D eigenvalue weighted by atomic mass is 10.2. The van der Waals surface area contributed by atoms with E-state index in [9.17, 15) is 18.8 Å². The molecule has 0 aliphatic carbocycles. The monoisotopic (exact) mass is 421 g/mol. The van der Waals surface area contributed by atoms with Gasteiger partial charge in [0.15, 0.2) is 5.65 Å². The lowest BCUT2D eigenvalue weighted by Gasteiger charge is -2.08. The van der Waals surface area contributed by atoms with Crippen LogP contribution in [-0.2, 0) is 16.1 Å². The third kappa shape index (κ3) is 4.04. The second-order valence-corrected chi connectivity index (χ2v) is 6.56. The van der Waals surface area contributed by atoms with Gasteiger partial charge in [-0.25, -0.2) is 18.9 Å². The fourth-order valence-corrected chi connectivity index (χ4v) is 3.00. The van der Waals surface area contributed by atoms with E-state index < -0.39 is 17.4 Å². The van der Waals surface area contributed by atoms with Gasteiger partial charge in [-0.2, -0.15) is 5.10 Å². The van der Waals surface area contributed by atoms with Crippen molar-refractivity contribution < 1.29 is 18.7 Å². The highest BCUT2D eigenvalue weighted by Crippen LogP contribution is 2.14. The van der Waals surface area contributed by atoms with Crippen LogP contribution in [0.4, 0.5) is 10.1 Å². The van der Waals surface area contributed by atoms with E-state index >= 15 is 0 Å². The summed E-state index contributed by atoms with van der Waals surface area (Å²) in [6.07, 6.45) is 2.61. The molecule has 31 heavy (non-hydrogen) atoms. The van der Waals surface area contributed by atoms with Gasteiger partial charge < -0.3 is 10.1 Å². The highest BCUT2D eigenvalue weighted by atomic mass is 19.1. The molecule has 156 valence electrons. The molecule has 0 saturated carbocycles.